The van der Waals surface area contributed by atoms with E-state index in [1.807, 2.05) is 6.92 Å². The van der Waals surface area contributed by atoms with Gasteiger partial charge in [0.05, 0.1) is 17.5 Å². The van der Waals surface area contributed by atoms with E-state index in [1.165, 1.54) is 25.0 Å². The van der Waals surface area contributed by atoms with Gasteiger partial charge in [-0.3, -0.25) is 14.9 Å². The second-order valence-electron chi connectivity index (χ2n) is 5.50. The van der Waals surface area contributed by atoms with E-state index in [0.717, 1.165) is 18.4 Å². The number of amides is 1. The predicted octanol–water partition coefficient (Wildman–Crippen LogP) is 2.30. The Labute approximate surface area is 124 Å². The maximum atomic E-state index is 11.9. The highest BCUT2D eigenvalue weighted by Crippen LogP contribution is 2.19. The van der Waals surface area contributed by atoms with Crippen LogP contribution < -0.4 is 10.6 Å². The number of nitrogens with one attached hydrogen (secondary N) is 2. The van der Waals surface area contributed by atoms with E-state index < -0.39 is 4.92 Å². The summed E-state index contributed by atoms with van der Waals surface area (Å²) >= 11 is 0. The zero-order chi connectivity index (χ0) is 15.2. The number of carbonyl (C=O) groups is 1. The zero-order valence-electron chi connectivity index (χ0n) is 12.2. The molecule has 6 heteroatoms. The molecule has 0 saturated heterocycles. The van der Waals surface area contributed by atoms with Gasteiger partial charge in [-0.05, 0) is 25.3 Å². The van der Waals surface area contributed by atoms with E-state index in [1.54, 1.807) is 12.1 Å². The summed E-state index contributed by atoms with van der Waals surface area (Å²) in [6.45, 7) is 2.12. The molecule has 1 atom stereocenters. The number of benzene rings is 1. The van der Waals surface area contributed by atoms with Gasteiger partial charge in [0.25, 0.3) is 5.69 Å². The molecule has 1 aliphatic carbocycles. The normalized spacial score (nSPS) is 16.6. The summed E-state index contributed by atoms with van der Waals surface area (Å²) in [7, 11) is 0. The van der Waals surface area contributed by atoms with Gasteiger partial charge in [-0.2, -0.15) is 0 Å². The van der Waals surface area contributed by atoms with Crippen LogP contribution in [0.25, 0.3) is 0 Å². The Bertz CT molecular complexity index is 513. The van der Waals surface area contributed by atoms with Crippen molar-refractivity contribution in [1.82, 2.24) is 10.6 Å². The number of nitrogens with zero attached hydrogens (tertiary/aromatic N) is 1. The molecule has 0 heterocycles. The lowest BCUT2D eigenvalue weighted by Gasteiger charge is -2.16. The van der Waals surface area contributed by atoms with Gasteiger partial charge in [-0.1, -0.05) is 25.0 Å². The van der Waals surface area contributed by atoms with E-state index in [0.29, 0.717) is 12.6 Å². The standard InChI is InChI=1S/C15H21N3O3/c1-11(12-5-4-8-14(9-12)18(20)21)17-15(19)10-16-13-6-2-3-7-13/h4-5,8-9,11,13,16H,2-3,6-7,10H2,1H3,(H,17,19). The molecule has 1 unspecified atom stereocenters. The van der Waals surface area contributed by atoms with Gasteiger partial charge < -0.3 is 10.6 Å². The summed E-state index contributed by atoms with van der Waals surface area (Å²) in [6.07, 6.45) is 4.72. The van der Waals surface area contributed by atoms with Crippen molar-refractivity contribution in [3.8, 4) is 0 Å². The average molecular weight is 291 g/mol. The Morgan fingerprint density at radius 1 is 1.43 bits per heavy atom. The summed E-state index contributed by atoms with van der Waals surface area (Å²) in [5, 5.41) is 16.9. The third-order valence-electron chi connectivity index (χ3n) is 3.86. The van der Waals surface area contributed by atoms with Crippen LogP contribution in [0, 0.1) is 10.1 Å². The van der Waals surface area contributed by atoms with Gasteiger partial charge in [0.2, 0.25) is 5.91 Å². The predicted molar refractivity (Wildman–Crippen MR) is 79.9 cm³/mol. The molecule has 1 aromatic rings. The molecule has 0 spiro atoms. The van der Waals surface area contributed by atoms with Crippen molar-refractivity contribution in [3.05, 3.63) is 39.9 Å². The quantitative estimate of drug-likeness (QED) is 0.622. The van der Waals surface area contributed by atoms with Crippen LogP contribution in [0.15, 0.2) is 24.3 Å². The van der Waals surface area contributed by atoms with Crippen molar-refractivity contribution in [2.24, 2.45) is 0 Å². The molecule has 0 aliphatic heterocycles. The molecule has 2 rings (SSSR count). The van der Waals surface area contributed by atoms with E-state index >= 15 is 0 Å². The smallest absolute Gasteiger partial charge is 0.269 e. The van der Waals surface area contributed by atoms with Crippen LogP contribution in [0.2, 0.25) is 0 Å². The van der Waals surface area contributed by atoms with Gasteiger partial charge in [0.1, 0.15) is 0 Å². The second kappa shape index (κ2) is 7.17. The Morgan fingerprint density at radius 3 is 2.81 bits per heavy atom. The maximum absolute atomic E-state index is 11.9. The second-order valence-corrected chi connectivity index (χ2v) is 5.50. The molecule has 0 bridgehead atoms. The lowest BCUT2D eigenvalue weighted by Crippen LogP contribution is -2.39. The van der Waals surface area contributed by atoms with Crippen LogP contribution in [0.3, 0.4) is 0 Å². The molecule has 21 heavy (non-hydrogen) atoms. The van der Waals surface area contributed by atoms with Crippen LogP contribution in [0.5, 0.6) is 0 Å². The first-order chi connectivity index (χ1) is 10.1. The molecule has 0 aromatic heterocycles. The lowest BCUT2D eigenvalue weighted by atomic mass is 10.1. The van der Waals surface area contributed by atoms with Crippen LogP contribution in [0.4, 0.5) is 5.69 Å². The minimum atomic E-state index is -0.431. The fourth-order valence-electron chi connectivity index (χ4n) is 2.65. The number of nitro benzene ring substituents is 1. The topological polar surface area (TPSA) is 84.3 Å². The van der Waals surface area contributed by atoms with Crippen molar-refractivity contribution < 1.29 is 9.72 Å². The number of rotatable bonds is 6. The summed E-state index contributed by atoms with van der Waals surface area (Å²) in [5.74, 6) is -0.0825. The summed E-state index contributed by atoms with van der Waals surface area (Å²) in [6, 6.07) is 6.55. The summed E-state index contributed by atoms with van der Waals surface area (Å²) < 4.78 is 0. The van der Waals surface area contributed by atoms with Gasteiger partial charge in [0, 0.05) is 18.2 Å². The first-order valence-electron chi connectivity index (χ1n) is 7.33. The Hall–Kier alpha value is -1.95. The SMILES string of the molecule is CC(NC(=O)CNC1CCCC1)c1cccc([N+](=O)[O-])c1. The highest BCUT2D eigenvalue weighted by atomic mass is 16.6. The molecule has 1 saturated carbocycles. The van der Waals surface area contributed by atoms with Gasteiger partial charge in [0.15, 0.2) is 0 Å². The molecule has 0 radical (unpaired) electrons. The number of hydrogen-bond acceptors (Lipinski definition) is 4. The first kappa shape index (κ1) is 15.4. The molecule has 114 valence electrons. The number of carbonyl (C=O) groups excluding carboxylic acids is 1. The van der Waals surface area contributed by atoms with Crippen molar-refractivity contribution in [2.75, 3.05) is 6.54 Å². The van der Waals surface area contributed by atoms with Crippen molar-refractivity contribution in [3.63, 3.8) is 0 Å². The monoisotopic (exact) mass is 291 g/mol. The Morgan fingerprint density at radius 2 is 2.14 bits per heavy atom. The third kappa shape index (κ3) is 4.53. The van der Waals surface area contributed by atoms with Crippen molar-refractivity contribution >= 4 is 11.6 Å². The van der Waals surface area contributed by atoms with Gasteiger partial charge in [-0.15, -0.1) is 0 Å². The van der Waals surface area contributed by atoms with E-state index in [2.05, 4.69) is 10.6 Å². The van der Waals surface area contributed by atoms with E-state index in [9.17, 15) is 14.9 Å². The van der Waals surface area contributed by atoms with Gasteiger partial charge in [-0.25, -0.2) is 0 Å². The van der Waals surface area contributed by atoms with E-state index in [4.69, 9.17) is 0 Å². The number of hydrogen-bond donors (Lipinski definition) is 2. The molecule has 1 amide bonds. The largest absolute Gasteiger partial charge is 0.348 e. The fraction of sp³-hybridized carbons (Fsp3) is 0.533. The Kier molecular flexibility index (Phi) is 5.27. The maximum Gasteiger partial charge on any atom is 0.269 e. The molecular weight excluding hydrogens is 270 g/mol. The number of non-ortho nitro benzene ring substituents is 1. The van der Waals surface area contributed by atoms with E-state index in [-0.39, 0.29) is 17.6 Å². The highest BCUT2D eigenvalue weighted by Gasteiger charge is 2.17. The summed E-state index contributed by atoms with van der Waals surface area (Å²) in [5.41, 5.74) is 0.774. The van der Waals surface area contributed by atoms with Gasteiger partial charge >= 0.3 is 0 Å². The molecule has 1 fully saturated rings. The molecular formula is C15H21N3O3. The lowest BCUT2D eigenvalue weighted by molar-refractivity contribution is -0.384. The number of nitro groups is 1. The highest BCUT2D eigenvalue weighted by molar-refractivity contribution is 5.78. The molecule has 1 aliphatic rings. The minimum absolute atomic E-state index is 0.0395. The summed E-state index contributed by atoms with van der Waals surface area (Å²) in [4.78, 5) is 22.2. The zero-order valence-corrected chi connectivity index (χ0v) is 12.2. The minimum Gasteiger partial charge on any atom is -0.348 e. The average Bonchev–Trinajstić information content (AvgIpc) is 2.98. The molecule has 6 nitrogen and oxygen atoms in total. The van der Waals surface area contributed by atoms with Crippen LogP contribution in [0.1, 0.15) is 44.2 Å². The third-order valence-corrected chi connectivity index (χ3v) is 3.86. The van der Waals surface area contributed by atoms with Crippen LogP contribution in [-0.4, -0.2) is 23.4 Å². The van der Waals surface area contributed by atoms with Crippen molar-refractivity contribution in [1.29, 1.82) is 0 Å². The van der Waals surface area contributed by atoms with Crippen molar-refractivity contribution in [2.45, 2.75) is 44.7 Å². The molecule has 1 aromatic carbocycles. The Balaban J connectivity index is 1.85. The fourth-order valence-corrected chi connectivity index (χ4v) is 2.65. The first-order valence-corrected chi connectivity index (χ1v) is 7.33. The van der Waals surface area contributed by atoms with Crippen LogP contribution >= 0.6 is 0 Å². The van der Waals surface area contributed by atoms with Crippen LogP contribution in [-0.2, 0) is 4.79 Å². The molecule has 2 N–H and O–H groups in total.